The Labute approximate surface area is 418 Å². The van der Waals surface area contributed by atoms with E-state index in [0.717, 1.165) is 16.7 Å². The number of fused-ring (bicyclic) bond motifs is 2. The van der Waals surface area contributed by atoms with E-state index < -0.39 is 119 Å². The molecular weight excluding hydrogens is 921 g/mol. The molecule has 20 heteroatoms. The van der Waals surface area contributed by atoms with Gasteiger partial charge in [0.2, 0.25) is 29.4 Å². The summed E-state index contributed by atoms with van der Waals surface area (Å²) in [6, 6.07) is -8.97. The van der Waals surface area contributed by atoms with Crippen LogP contribution >= 0.6 is 0 Å². The highest BCUT2D eigenvalue weighted by Gasteiger charge is 2.58. The van der Waals surface area contributed by atoms with Gasteiger partial charge in [-0.15, -0.1) is 0 Å². The third kappa shape index (κ3) is 13.1. The van der Waals surface area contributed by atoms with Gasteiger partial charge < -0.3 is 50.1 Å². The number of piperidine rings is 2. The molecule has 0 aromatic heterocycles. The van der Waals surface area contributed by atoms with E-state index in [1.165, 1.54) is 25.8 Å². The highest BCUT2D eigenvalue weighted by molar-refractivity contribution is 5.98. The van der Waals surface area contributed by atoms with Gasteiger partial charge in [-0.05, 0) is 122 Å². The summed E-state index contributed by atoms with van der Waals surface area (Å²) >= 11 is 0. The number of Topliss-reactive ketones (excluding diaryl/α,β-unsaturated/α-hetero) is 1. The van der Waals surface area contributed by atoms with Crippen LogP contribution in [-0.2, 0) is 47.8 Å². The molecule has 4 saturated heterocycles. The fourth-order valence-corrected chi connectivity index (χ4v) is 10.1. The van der Waals surface area contributed by atoms with Crippen LogP contribution in [0.1, 0.15) is 141 Å². The number of aliphatic hydroxyl groups is 3. The number of carbonyl (C=O) groups excluding carboxylic acids is 8. The normalized spacial score (nSPS) is 32.5. The molecule has 4 rings (SSSR count). The van der Waals surface area contributed by atoms with Gasteiger partial charge in [0.1, 0.15) is 36.3 Å². The Kier molecular flexibility index (Phi) is 20.1. The first kappa shape index (κ1) is 58.8. The van der Waals surface area contributed by atoms with Crippen LogP contribution in [0.15, 0.2) is 23.3 Å². The van der Waals surface area contributed by atoms with Crippen molar-refractivity contribution < 1.29 is 68.4 Å². The Morgan fingerprint density at radius 1 is 0.887 bits per heavy atom. The third-order valence-electron chi connectivity index (χ3n) is 14.9. The van der Waals surface area contributed by atoms with Gasteiger partial charge in [-0.3, -0.25) is 38.8 Å². The molecule has 0 spiro atoms. The Bertz CT molecular complexity index is 2060. The second kappa shape index (κ2) is 24.3. The van der Waals surface area contributed by atoms with Crippen molar-refractivity contribution in [3.05, 3.63) is 23.3 Å². The van der Waals surface area contributed by atoms with Gasteiger partial charge in [0, 0.05) is 32.5 Å². The Hall–Kier alpha value is -4.76. The van der Waals surface area contributed by atoms with E-state index in [2.05, 4.69) is 10.6 Å². The first-order valence-electron chi connectivity index (χ1n) is 25.4. The fourth-order valence-electron chi connectivity index (χ4n) is 10.1. The average molecular weight is 1000 g/mol. The number of hydrogen-bond acceptors (Lipinski definition) is 14. The number of esters is 1. The maximum Gasteiger partial charge on any atom is 0.331 e. The predicted octanol–water partition coefficient (Wildman–Crippen LogP) is 2.53. The summed E-state index contributed by atoms with van der Waals surface area (Å²) < 4.78 is 12.3. The second-order valence-corrected chi connectivity index (χ2v) is 21.3. The van der Waals surface area contributed by atoms with E-state index in [0.29, 0.717) is 36.8 Å². The molecule has 6 amide bonds. The molecule has 13 atom stereocenters. The molecule has 0 saturated carbocycles. The van der Waals surface area contributed by atoms with Crippen LogP contribution in [0, 0.1) is 23.7 Å². The Morgan fingerprint density at radius 3 is 2.01 bits per heavy atom. The molecule has 4 heterocycles. The number of aliphatic hydroxyl groups excluding tert-OH is 1. The fraction of sp³-hybridized carbons (Fsp3) is 0.765. The third-order valence-corrected chi connectivity index (χ3v) is 14.9. The summed E-state index contributed by atoms with van der Waals surface area (Å²) in [4.78, 5) is 118. The number of carbonyl (C=O) groups is 8. The Balaban J connectivity index is 1.85. The van der Waals surface area contributed by atoms with Crippen molar-refractivity contribution >= 4 is 47.2 Å². The smallest absolute Gasteiger partial charge is 0.331 e. The number of ketones is 1. The highest BCUT2D eigenvalue weighted by atomic mass is 16.6. The summed E-state index contributed by atoms with van der Waals surface area (Å²) in [5.41, 5.74) is -1.70. The molecule has 20 nitrogen and oxygen atoms in total. The monoisotopic (exact) mass is 1000 g/mol. The van der Waals surface area contributed by atoms with E-state index in [1.54, 1.807) is 53.7 Å². The molecule has 6 N–H and O–H groups in total. The number of nitrogens with zero attached hydrogens (tertiary/aromatic N) is 4. The first-order valence-corrected chi connectivity index (χ1v) is 25.4. The number of allylic oxidation sites excluding steroid dienone is 3. The van der Waals surface area contributed by atoms with E-state index in [9.17, 15) is 54.1 Å². The number of nitrogens with one attached hydrogen (secondary N) is 2. The minimum absolute atomic E-state index is 0.00237. The van der Waals surface area contributed by atoms with Crippen LogP contribution in [0.3, 0.4) is 0 Å². The largest absolute Gasteiger partial charge is 0.458 e. The number of likely N-dealkylation sites (N-methyl/N-ethyl adjacent to an activating group) is 1. The zero-order valence-corrected chi connectivity index (χ0v) is 44.1. The molecule has 0 radical (unpaired) electrons. The molecular formula is C51H82N6O14. The van der Waals surface area contributed by atoms with Crippen molar-refractivity contribution in [3.8, 4) is 0 Å². The molecule has 0 bridgehead atoms. The number of cyclic esters (lactones) is 1. The molecule has 400 valence electrons. The highest BCUT2D eigenvalue weighted by Crippen LogP contribution is 2.41. The van der Waals surface area contributed by atoms with Crippen molar-refractivity contribution in [2.75, 3.05) is 20.1 Å². The minimum Gasteiger partial charge on any atom is -0.458 e. The van der Waals surface area contributed by atoms with Gasteiger partial charge in [0.15, 0.2) is 17.4 Å². The van der Waals surface area contributed by atoms with Gasteiger partial charge in [0.25, 0.3) is 11.8 Å². The molecule has 4 fully saturated rings. The van der Waals surface area contributed by atoms with Crippen LogP contribution in [0.25, 0.3) is 0 Å². The summed E-state index contributed by atoms with van der Waals surface area (Å²) in [6.07, 6.45) is 1.46. The van der Waals surface area contributed by atoms with Crippen LogP contribution in [-0.4, -0.2) is 174 Å². The van der Waals surface area contributed by atoms with Gasteiger partial charge in [0.05, 0.1) is 12.2 Å². The van der Waals surface area contributed by atoms with Gasteiger partial charge in [-0.1, -0.05) is 53.7 Å². The van der Waals surface area contributed by atoms with E-state index >= 15 is 4.79 Å². The molecule has 4 aliphatic rings. The zero-order chi connectivity index (χ0) is 53.6. The molecule has 4 aliphatic heterocycles. The van der Waals surface area contributed by atoms with Crippen molar-refractivity contribution in [2.45, 2.75) is 207 Å². The van der Waals surface area contributed by atoms with Crippen molar-refractivity contribution in [3.63, 3.8) is 0 Å². The quantitative estimate of drug-likeness (QED) is 0.0752. The number of amides is 6. The summed E-state index contributed by atoms with van der Waals surface area (Å²) in [5.74, 6) is -11.2. The molecule has 13 unspecified atom stereocenters. The molecule has 0 aromatic carbocycles. The van der Waals surface area contributed by atoms with Gasteiger partial charge >= 0.3 is 5.97 Å². The lowest BCUT2D eigenvalue weighted by Crippen LogP contribution is -2.69. The zero-order valence-electron chi connectivity index (χ0n) is 44.1. The molecule has 0 aromatic rings. The van der Waals surface area contributed by atoms with Crippen LogP contribution in [0.2, 0.25) is 0 Å². The van der Waals surface area contributed by atoms with E-state index in [1.807, 2.05) is 20.8 Å². The maximum absolute atomic E-state index is 15.2. The lowest BCUT2D eigenvalue weighted by molar-refractivity contribution is -0.321. The van der Waals surface area contributed by atoms with Crippen molar-refractivity contribution in [1.82, 2.24) is 30.4 Å². The van der Waals surface area contributed by atoms with Crippen LogP contribution in [0.5, 0.6) is 0 Å². The lowest BCUT2D eigenvalue weighted by atomic mass is 9.80. The summed E-state index contributed by atoms with van der Waals surface area (Å²) in [5, 5.41) is 52.3. The number of hydrogen-bond donors (Lipinski definition) is 6. The first-order chi connectivity index (χ1) is 33.0. The topological polar surface area (TPSA) is 273 Å². The van der Waals surface area contributed by atoms with Crippen molar-refractivity contribution in [1.29, 1.82) is 0 Å². The van der Waals surface area contributed by atoms with Gasteiger partial charge in [-0.2, -0.15) is 0 Å². The Morgan fingerprint density at radius 2 is 1.46 bits per heavy atom. The SMILES string of the molecule is CC=C(C)C(=O)C(C)C=C(C)C1OC(O)(C(C)(O)C(=O)NC2C(=O)N3CCCCC3C(=O)N(O)C(C)C(=O)N(C)C(CC(C)C)C(=O)N3CCCCC3C(=O)NC(C(C)O)C(=O)OC2C(C)C)CCC1C. The van der Waals surface area contributed by atoms with E-state index in [-0.39, 0.29) is 67.9 Å². The van der Waals surface area contributed by atoms with E-state index in [4.69, 9.17) is 9.47 Å². The average Bonchev–Trinajstić information content (AvgIpc) is 3.33. The lowest BCUT2D eigenvalue weighted by Gasteiger charge is -2.48. The van der Waals surface area contributed by atoms with Crippen LogP contribution in [0.4, 0.5) is 0 Å². The van der Waals surface area contributed by atoms with Crippen LogP contribution < -0.4 is 10.6 Å². The van der Waals surface area contributed by atoms with Crippen molar-refractivity contribution in [2.24, 2.45) is 23.7 Å². The second-order valence-electron chi connectivity index (χ2n) is 21.3. The molecule has 0 aliphatic carbocycles. The number of rotatable bonds is 11. The number of ether oxygens (including phenoxy) is 2. The predicted molar refractivity (Wildman–Crippen MR) is 259 cm³/mol. The maximum atomic E-state index is 15.2. The molecule has 71 heavy (non-hydrogen) atoms. The standard InChI is InChI=1S/C51H82N6O14/c1-14-29(6)40(59)31(8)26-32(9)42-30(7)21-22-51(68,71-42)50(12,67)49(66)53-39-41(28(4)5)70-48(65)38(34(11)58)52-43(60)35-19-15-17-23-55(35)45(62)37(25-27(2)3)54(13)44(61)33(10)57(69)46(63)36-20-16-18-24-56(36)47(39)64/h14,26-28,30-31,33-39,41-42,58,67-69H,15-25H2,1-13H3,(H,52,60)(H,53,66). The van der Waals surface area contributed by atoms with Gasteiger partial charge in [-0.25, -0.2) is 9.86 Å². The summed E-state index contributed by atoms with van der Waals surface area (Å²) in [6.45, 7) is 19.1. The minimum atomic E-state index is -2.82. The number of hydroxylamine groups is 2. The summed E-state index contributed by atoms with van der Waals surface area (Å²) in [7, 11) is 1.37.